The average Bonchev–Trinajstić information content (AvgIpc) is 2.98. The Morgan fingerprint density at radius 1 is 0.818 bits per heavy atom. The van der Waals surface area contributed by atoms with E-state index in [1.165, 1.54) is 19.9 Å². The molecule has 0 amide bonds. The first-order valence-electron chi connectivity index (χ1n) is 14.2. The minimum Gasteiger partial charge on any atom is -0.462 e. The van der Waals surface area contributed by atoms with Gasteiger partial charge in [-0.1, -0.05) is 25.3 Å². The summed E-state index contributed by atoms with van der Waals surface area (Å²) in [5.41, 5.74) is -0.876. The highest BCUT2D eigenvalue weighted by Crippen LogP contribution is 2.21. The van der Waals surface area contributed by atoms with Gasteiger partial charge in [0.05, 0.1) is 12.0 Å². The zero-order chi connectivity index (χ0) is 33.5. The smallest absolute Gasteiger partial charge is 0.348 e. The first kappa shape index (κ1) is 37.6. The Hall–Kier alpha value is -4.43. The molecule has 1 aromatic carbocycles. The molecule has 0 aliphatic heterocycles. The number of carbonyl (C=O) groups is 4. The second-order valence-corrected chi connectivity index (χ2v) is 11.1. The number of nitriles is 1. The summed E-state index contributed by atoms with van der Waals surface area (Å²) in [7, 11) is 0. The highest BCUT2D eigenvalue weighted by Gasteiger charge is 2.39. The largest absolute Gasteiger partial charge is 0.462 e. The molecular weight excluding hydrogens is 568 g/mol. The molecule has 44 heavy (non-hydrogen) atoms. The number of rotatable bonds is 17. The second-order valence-electron chi connectivity index (χ2n) is 11.1. The molecule has 0 aromatic heterocycles. The van der Waals surface area contributed by atoms with Crippen LogP contribution in [0.15, 0.2) is 54.1 Å². The van der Waals surface area contributed by atoms with Crippen LogP contribution >= 0.6 is 0 Å². The van der Waals surface area contributed by atoms with Gasteiger partial charge in [-0.15, -0.1) is 0 Å². The number of benzene rings is 1. The fourth-order valence-corrected chi connectivity index (χ4v) is 3.45. The van der Waals surface area contributed by atoms with Crippen LogP contribution in [0.1, 0.15) is 54.0 Å². The van der Waals surface area contributed by atoms with Crippen molar-refractivity contribution in [2.45, 2.75) is 54.1 Å². The van der Waals surface area contributed by atoms with Crippen molar-refractivity contribution in [3.8, 4) is 6.07 Å². The molecule has 0 N–H and O–H groups in total. The number of esters is 4. The predicted octanol–water partition coefficient (Wildman–Crippen LogP) is 4.57. The molecule has 0 radical (unpaired) electrons. The number of hydrogen-bond donors (Lipinski definition) is 0. The number of anilines is 1. The molecule has 0 spiro atoms. The van der Waals surface area contributed by atoms with E-state index in [-0.39, 0.29) is 29.9 Å². The minimum absolute atomic E-state index is 0.108. The molecule has 0 saturated heterocycles. The number of nitrogens with zero attached hydrogens (tertiary/aromatic N) is 2. The summed E-state index contributed by atoms with van der Waals surface area (Å²) in [6.07, 6.45) is 1.42. The van der Waals surface area contributed by atoms with Gasteiger partial charge in [0.15, 0.2) is 5.60 Å². The van der Waals surface area contributed by atoms with Crippen molar-refractivity contribution in [1.82, 2.24) is 0 Å². The normalized spacial score (nSPS) is 11.5. The molecule has 0 fully saturated rings. The highest BCUT2D eigenvalue weighted by molar-refractivity contribution is 5.98. The third-order valence-electron chi connectivity index (χ3n) is 6.11. The average molecular weight is 613 g/mol. The van der Waals surface area contributed by atoms with Gasteiger partial charge in [-0.05, 0) is 72.2 Å². The van der Waals surface area contributed by atoms with Crippen molar-refractivity contribution in [3.63, 3.8) is 0 Å². The molecule has 0 atom stereocenters. The van der Waals surface area contributed by atoms with Crippen LogP contribution < -0.4 is 4.90 Å². The highest BCUT2D eigenvalue weighted by atomic mass is 16.6. The van der Waals surface area contributed by atoms with Crippen molar-refractivity contribution in [2.75, 3.05) is 51.0 Å². The predicted molar refractivity (Wildman–Crippen MR) is 165 cm³/mol. The maximum Gasteiger partial charge on any atom is 0.348 e. The molecule has 1 rings (SSSR count). The van der Waals surface area contributed by atoms with Crippen LogP contribution in [0.25, 0.3) is 6.08 Å². The van der Waals surface area contributed by atoms with E-state index in [2.05, 4.69) is 31.9 Å². The van der Waals surface area contributed by atoms with Crippen LogP contribution in [0.2, 0.25) is 0 Å². The maximum atomic E-state index is 12.7. The van der Waals surface area contributed by atoms with E-state index in [4.69, 9.17) is 23.7 Å². The van der Waals surface area contributed by atoms with Crippen LogP contribution in [0.4, 0.5) is 5.69 Å². The molecule has 0 unspecified atom stereocenters. The number of ether oxygens (including phenoxy) is 5. The van der Waals surface area contributed by atoms with Gasteiger partial charge in [0.1, 0.15) is 38.1 Å². The zero-order valence-corrected chi connectivity index (χ0v) is 26.8. The third-order valence-corrected chi connectivity index (χ3v) is 6.11. The van der Waals surface area contributed by atoms with Crippen LogP contribution in [0, 0.1) is 16.7 Å². The fraction of sp³-hybridized carbons (Fsp3) is 0.485. The van der Waals surface area contributed by atoms with E-state index in [9.17, 15) is 24.4 Å². The first-order valence-corrected chi connectivity index (χ1v) is 14.2. The number of hydrogen-bond acceptors (Lipinski definition) is 11. The fourth-order valence-electron chi connectivity index (χ4n) is 3.45. The van der Waals surface area contributed by atoms with Crippen LogP contribution in [0.5, 0.6) is 0 Å². The summed E-state index contributed by atoms with van der Waals surface area (Å²) in [5, 5.41) is 9.57. The van der Waals surface area contributed by atoms with Crippen LogP contribution in [-0.4, -0.2) is 75.6 Å². The standard InChI is InChI=1S/C33H44N2O9/c1-10-35(11-2)27-14-12-25(13-15-27)18-26(19-34)30(38)40-16-17-44-33(20-41-28(36)23(3)4,21-42-29(37)24(5)6)22-43-31(39)32(7,8)9/h12-15,18H,3,5,10-11,16-17,20-22H2,1-2,4,6-9H3/b26-18+. The molecule has 0 bridgehead atoms. The van der Waals surface area contributed by atoms with Gasteiger partial charge >= 0.3 is 23.9 Å². The van der Waals surface area contributed by atoms with Crippen LogP contribution in [-0.2, 0) is 42.9 Å². The lowest BCUT2D eigenvalue weighted by molar-refractivity contribution is -0.190. The molecule has 0 aliphatic rings. The van der Waals surface area contributed by atoms with Crippen molar-refractivity contribution >= 4 is 35.6 Å². The Labute approximate surface area is 260 Å². The third kappa shape index (κ3) is 12.4. The van der Waals surface area contributed by atoms with E-state index >= 15 is 0 Å². The maximum absolute atomic E-state index is 12.7. The quantitative estimate of drug-likeness (QED) is 0.0803. The Bertz CT molecular complexity index is 1230. The van der Waals surface area contributed by atoms with Gasteiger partial charge in [0, 0.05) is 29.9 Å². The molecule has 11 heteroatoms. The van der Waals surface area contributed by atoms with Gasteiger partial charge in [-0.25, -0.2) is 14.4 Å². The zero-order valence-electron chi connectivity index (χ0n) is 26.8. The van der Waals surface area contributed by atoms with E-state index in [1.807, 2.05) is 18.2 Å². The second kappa shape index (κ2) is 17.6. The van der Waals surface area contributed by atoms with E-state index in [0.29, 0.717) is 5.56 Å². The summed E-state index contributed by atoms with van der Waals surface area (Å²) in [4.78, 5) is 51.7. The Kier molecular flexibility index (Phi) is 15.1. The van der Waals surface area contributed by atoms with Crippen molar-refractivity contribution < 1.29 is 42.9 Å². The number of carbonyl (C=O) groups excluding carboxylic acids is 4. The Morgan fingerprint density at radius 2 is 1.32 bits per heavy atom. The molecule has 0 aliphatic carbocycles. The van der Waals surface area contributed by atoms with E-state index in [1.54, 1.807) is 32.9 Å². The van der Waals surface area contributed by atoms with Gasteiger partial charge in [0.25, 0.3) is 0 Å². The van der Waals surface area contributed by atoms with Crippen LogP contribution in [0.3, 0.4) is 0 Å². The molecule has 11 nitrogen and oxygen atoms in total. The minimum atomic E-state index is -1.66. The molecule has 0 heterocycles. The van der Waals surface area contributed by atoms with Gasteiger partial charge in [-0.2, -0.15) is 5.26 Å². The lowest BCUT2D eigenvalue weighted by Crippen LogP contribution is -2.50. The van der Waals surface area contributed by atoms with E-state index in [0.717, 1.165) is 18.8 Å². The summed E-state index contributed by atoms with van der Waals surface area (Å²) >= 11 is 0. The van der Waals surface area contributed by atoms with E-state index < -0.39 is 54.7 Å². The molecule has 0 saturated carbocycles. The van der Waals surface area contributed by atoms with Crippen molar-refractivity contribution in [1.29, 1.82) is 5.26 Å². The summed E-state index contributed by atoms with van der Waals surface area (Å²) < 4.78 is 27.2. The summed E-state index contributed by atoms with van der Waals surface area (Å²) in [6, 6.07) is 9.25. The SMILES string of the molecule is C=C(C)C(=O)OCC(COC(=O)C(=C)C)(COC(=O)C(C)(C)C)OCCOC(=O)/C(C#N)=C/c1ccc(N(CC)CC)cc1. The van der Waals surface area contributed by atoms with Gasteiger partial charge in [0.2, 0.25) is 0 Å². The first-order chi connectivity index (χ1) is 20.6. The summed E-state index contributed by atoms with van der Waals surface area (Å²) in [5.74, 6) is -2.95. The lowest BCUT2D eigenvalue weighted by atomic mass is 9.97. The molecule has 240 valence electrons. The lowest BCUT2D eigenvalue weighted by Gasteiger charge is -2.33. The summed E-state index contributed by atoms with van der Waals surface area (Å²) in [6.45, 7) is 18.7. The van der Waals surface area contributed by atoms with Gasteiger partial charge < -0.3 is 28.6 Å². The Balaban J connectivity index is 3.08. The molecular formula is C33H44N2O9. The van der Waals surface area contributed by atoms with Crippen molar-refractivity contribution in [3.05, 3.63) is 59.7 Å². The van der Waals surface area contributed by atoms with Gasteiger partial charge in [-0.3, -0.25) is 4.79 Å². The topological polar surface area (TPSA) is 141 Å². The Morgan fingerprint density at radius 3 is 1.75 bits per heavy atom. The molecule has 1 aromatic rings. The monoisotopic (exact) mass is 612 g/mol. The van der Waals surface area contributed by atoms with Crippen molar-refractivity contribution in [2.24, 2.45) is 5.41 Å².